The van der Waals surface area contributed by atoms with Crippen molar-refractivity contribution in [2.75, 3.05) is 31.6 Å². The summed E-state index contributed by atoms with van der Waals surface area (Å²) in [6.07, 6.45) is 4.01. The van der Waals surface area contributed by atoms with Gasteiger partial charge in [-0.05, 0) is 43.4 Å². The van der Waals surface area contributed by atoms with Crippen molar-refractivity contribution in [2.45, 2.75) is 49.8 Å². The lowest BCUT2D eigenvalue weighted by molar-refractivity contribution is -0.129. The third-order valence-corrected chi connectivity index (χ3v) is 6.52. The average Bonchev–Trinajstić information content (AvgIpc) is 3.29. The molecule has 5 rings (SSSR count). The highest BCUT2D eigenvalue weighted by atomic mass is 19.2. The van der Waals surface area contributed by atoms with Crippen molar-refractivity contribution < 1.29 is 23.0 Å². The van der Waals surface area contributed by atoms with Gasteiger partial charge in [-0.25, -0.2) is 13.8 Å². The van der Waals surface area contributed by atoms with E-state index in [9.17, 15) is 13.6 Å². The van der Waals surface area contributed by atoms with E-state index in [1.165, 1.54) is 6.07 Å². The number of hydrogen-bond donors (Lipinski definition) is 3. The first-order valence-corrected chi connectivity index (χ1v) is 11.4. The fraction of sp³-hybridized carbons (Fsp3) is 0.522. The zero-order valence-electron chi connectivity index (χ0n) is 18.2. The van der Waals surface area contributed by atoms with Gasteiger partial charge >= 0.3 is 0 Å². The van der Waals surface area contributed by atoms with E-state index < -0.39 is 17.7 Å². The van der Waals surface area contributed by atoms with E-state index in [4.69, 9.17) is 9.47 Å². The van der Waals surface area contributed by atoms with Crippen molar-refractivity contribution in [2.24, 2.45) is 0 Å². The van der Waals surface area contributed by atoms with Crippen LogP contribution in [0.25, 0.3) is 0 Å². The lowest BCUT2D eigenvalue weighted by Crippen LogP contribution is -2.47. The van der Waals surface area contributed by atoms with Crippen molar-refractivity contribution in [1.82, 2.24) is 20.6 Å². The molecule has 1 aromatic heterocycles. The number of halogens is 2. The molecule has 2 aromatic rings. The molecule has 0 radical (unpaired) electrons. The Morgan fingerprint density at radius 3 is 2.79 bits per heavy atom. The van der Waals surface area contributed by atoms with Crippen molar-refractivity contribution in [1.29, 1.82) is 0 Å². The zero-order chi connectivity index (χ0) is 22.8. The summed E-state index contributed by atoms with van der Waals surface area (Å²) in [4.78, 5) is 21.9. The SMILES string of the molecule is O=C(NC1CNCC1c1ccc(F)c(F)c1)C1CCc2cnc(NC3CCOCC3)nc2O1. The van der Waals surface area contributed by atoms with Crippen LogP contribution in [-0.4, -0.2) is 60.4 Å². The maximum atomic E-state index is 13.7. The molecule has 8 nitrogen and oxygen atoms in total. The third kappa shape index (κ3) is 4.91. The van der Waals surface area contributed by atoms with E-state index >= 15 is 0 Å². The van der Waals surface area contributed by atoms with Gasteiger partial charge in [0.1, 0.15) is 0 Å². The number of nitrogens with one attached hydrogen (secondary N) is 3. The number of nitrogens with zero attached hydrogens (tertiary/aromatic N) is 2. The Balaban J connectivity index is 1.23. The Hall–Kier alpha value is -2.85. The number of ether oxygens (including phenoxy) is 2. The number of aryl methyl sites for hydroxylation is 1. The molecule has 1 aromatic carbocycles. The highest BCUT2D eigenvalue weighted by molar-refractivity contribution is 5.82. The first-order valence-electron chi connectivity index (χ1n) is 11.4. The average molecular weight is 459 g/mol. The van der Waals surface area contributed by atoms with E-state index in [2.05, 4.69) is 25.9 Å². The van der Waals surface area contributed by atoms with Crippen LogP contribution in [0.3, 0.4) is 0 Å². The van der Waals surface area contributed by atoms with Gasteiger partial charge in [0.15, 0.2) is 17.7 Å². The number of fused-ring (bicyclic) bond motifs is 1. The van der Waals surface area contributed by atoms with Gasteiger partial charge < -0.3 is 25.4 Å². The number of amides is 1. The monoisotopic (exact) mass is 459 g/mol. The molecule has 0 aliphatic carbocycles. The van der Waals surface area contributed by atoms with E-state index in [0.29, 0.717) is 56.5 Å². The number of aromatic nitrogens is 2. The summed E-state index contributed by atoms with van der Waals surface area (Å²) in [5.74, 6) is -1.25. The lowest BCUT2D eigenvalue weighted by atomic mass is 9.93. The van der Waals surface area contributed by atoms with Crippen molar-refractivity contribution in [3.05, 3.63) is 47.2 Å². The summed E-state index contributed by atoms with van der Waals surface area (Å²) in [6.45, 7) is 2.53. The quantitative estimate of drug-likeness (QED) is 0.629. The van der Waals surface area contributed by atoms with Crippen LogP contribution in [0, 0.1) is 11.6 Å². The largest absolute Gasteiger partial charge is 0.464 e. The minimum Gasteiger partial charge on any atom is -0.464 e. The minimum absolute atomic E-state index is 0.155. The molecular formula is C23H27F2N5O3. The summed E-state index contributed by atoms with van der Waals surface area (Å²) >= 11 is 0. The first-order chi connectivity index (χ1) is 16.1. The Morgan fingerprint density at radius 2 is 1.97 bits per heavy atom. The van der Waals surface area contributed by atoms with Crippen LogP contribution in [0.4, 0.5) is 14.7 Å². The highest BCUT2D eigenvalue weighted by Crippen LogP contribution is 2.28. The van der Waals surface area contributed by atoms with Crippen LogP contribution >= 0.6 is 0 Å². The van der Waals surface area contributed by atoms with Gasteiger partial charge in [-0.1, -0.05) is 6.07 Å². The fourth-order valence-electron chi connectivity index (χ4n) is 4.62. The zero-order valence-corrected chi connectivity index (χ0v) is 18.2. The molecule has 0 saturated carbocycles. The Bertz CT molecular complexity index is 1020. The van der Waals surface area contributed by atoms with Crippen molar-refractivity contribution in [3.8, 4) is 5.88 Å². The van der Waals surface area contributed by atoms with E-state index in [1.807, 2.05) is 0 Å². The van der Waals surface area contributed by atoms with Crippen LogP contribution in [0.5, 0.6) is 5.88 Å². The molecule has 3 aliphatic heterocycles. The van der Waals surface area contributed by atoms with Crippen molar-refractivity contribution in [3.63, 3.8) is 0 Å². The van der Waals surface area contributed by atoms with Crippen molar-refractivity contribution >= 4 is 11.9 Å². The van der Waals surface area contributed by atoms with Gasteiger partial charge in [-0.2, -0.15) is 4.98 Å². The normalized spacial score (nSPS) is 25.2. The van der Waals surface area contributed by atoms with Gasteiger partial charge in [0.05, 0.1) is 0 Å². The summed E-state index contributed by atoms with van der Waals surface area (Å²) < 4.78 is 38.4. The lowest BCUT2D eigenvalue weighted by Gasteiger charge is -2.28. The van der Waals surface area contributed by atoms with Gasteiger partial charge in [-0.3, -0.25) is 4.79 Å². The second kappa shape index (κ2) is 9.56. The number of benzene rings is 1. The highest BCUT2D eigenvalue weighted by Gasteiger charge is 2.34. The number of anilines is 1. The Kier molecular flexibility index (Phi) is 6.37. The molecule has 10 heteroatoms. The van der Waals surface area contributed by atoms with Gasteiger partial charge in [-0.15, -0.1) is 0 Å². The van der Waals surface area contributed by atoms with Crippen LogP contribution < -0.4 is 20.7 Å². The maximum absolute atomic E-state index is 13.7. The standard InChI is InChI=1S/C23H27F2N5O3/c24-17-3-1-13(9-18(17)25)16-11-26-12-19(16)29-21(31)20-4-2-14-10-27-23(30-22(14)33-20)28-15-5-7-32-8-6-15/h1,3,9-10,15-16,19-20,26H,2,4-8,11-12H2,(H,29,31)(H,27,28,30). The molecule has 0 spiro atoms. The molecule has 1 amide bonds. The summed E-state index contributed by atoms with van der Waals surface area (Å²) in [7, 11) is 0. The molecular weight excluding hydrogens is 432 g/mol. The summed E-state index contributed by atoms with van der Waals surface area (Å²) in [5, 5.41) is 9.56. The Morgan fingerprint density at radius 1 is 1.12 bits per heavy atom. The molecule has 3 atom stereocenters. The van der Waals surface area contributed by atoms with E-state index in [-0.39, 0.29) is 23.9 Å². The van der Waals surface area contributed by atoms with E-state index in [1.54, 1.807) is 12.3 Å². The summed E-state index contributed by atoms with van der Waals surface area (Å²) in [5.41, 5.74) is 1.52. The molecule has 3 aliphatic rings. The smallest absolute Gasteiger partial charge is 0.261 e. The fourth-order valence-corrected chi connectivity index (χ4v) is 4.62. The molecule has 0 bridgehead atoms. The molecule has 33 heavy (non-hydrogen) atoms. The number of carbonyl (C=O) groups excluding carboxylic acids is 1. The molecule has 3 N–H and O–H groups in total. The van der Waals surface area contributed by atoms with Crippen LogP contribution in [0.2, 0.25) is 0 Å². The molecule has 3 unspecified atom stereocenters. The predicted molar refractivity (Wildman–Crippen MR) is 116 cm³/mol. The topological polar surface area (TPSA) is 97.4 Å². The van der Waals surface area contributed by atoms with Crippen LogP contribution in [0.15, 0.2) is 24.4 Å². The third-order valence-electron chi connectivity index (χ3n) is 6.52. The molecule has 2 saturated heterocycles. The second-order valence-electron chi connectivity index (χ2n) is 8.75. The number of carbonyl (C=O) groups is 1. The van der Waals surface area contributed by atoms with E-state index in [0.717, 1.165) is 24.5 Å². The van der Waals surface area contributed by atoms with Gasteiger partial charge in [0.2, 0.25) is 11.8 Å². The number of rotatable bonds is 5. The molecule has 4 heterocycles. The number of hydrogen-bond acceptors (Lipinski definition) is 7. The van der Waals surface area contributed by atoms with Crippen LogP contribution in [0.1, 0.15) is 36.3 Å². The predicted octanol–water partition coefficient (Wildman–Crippen LogP) is 1.91. The summed E-state index contributed by atoms with van der Waals surface area (Å²) in [6, 6.07) is 3.89. The minimum atomic E-state index is -0.887. The molecule has 176 valence electrons. The van der Waals surface area contributed by atoms with Gasteiger partial charge in [0, 0.05) is 56.1 Å². The second-order valence-corrected chi connectivity index (χ2v) is 8.75. The maximum Gasteiger partial charge on any atom is 0.261 e. The van der Waals surface area contributed by atoms with Gasteiger partial charge in [0.25, 0.3) is 5.91 Å². The Labute approximate surface area is 190 Å². The molecule has 2 fully saturated rings. The van der Waals surface area contributed by atoms with Crippen LogP contribution in [-0.2, 0) is 16.0 Å². The first kappa shape index (κ1) is 22.0.